The summed E-state index contributed by atoms with van der Waals surface area (Å²) in [6.07, 6.45) is 0. The third-order valence-corrected chi connectivity index (χ3v) is 4.73. The SMILES string of the molecule is Cc1cc(C(=O)O)sc1S(=O)(=O)Cl. The molecule has 4 nitrogen and oxygen atoms in total. The Morgan fingerprint density at radius 3 is 2.38 bits per heavy atom. The van der Waals surface area contributed by atoms with Crippen molar-refractivity contribution in [3.8, 4) is 0 Å². The van der Waals surface area contributed by atoms with Crippen LogP contribution in [-0.2, 0) is 9.05 Å². The highest BCUT2D eigenvalue weighted by molar-refractivity contribution is 8.15. The smallest absolute Gasteiger partial charge is 0.345 e. The Balaban J connectivity index is 3.35. The predicted molar refractivity (Wildman–Crippen MR) is 49.1 cm³/mol. The van der Waals surface area contributed by atoms with Crippen molar-refractivity contribution in [2.45, 2.75) is 11.1 Å². The average Bonchev–Trinajstić information content (AvgIpc) is 2.29. The van der Waals surface area contributed by atoms with E-state index in [1.807, 2.05) is 0 Å². The zero-order chi connectivity index (χ0) is 10.2. The molecule has 0 saturated heterocycles. The molecule has 0 atom stereocenters. The summed E-state index contributed by atoms with van der Waals surface area (Å²) in [5.41, 5.74) is 0.359. The molecule has 0 spiro atoms. The molecule has 72 valence electrons. The number of carboxylic acids is 1. The van der Waals surface area contributed by atoms with Gasteiger partial charge in [0.15, 0.2) is 0 Å². The van der Waals surface area contributed by atoms with Crippen molar-refractivity contribution in [3.05, 3.63) is 16.5 Å². The molecule has 1 aromatic rings. The van der Waals surface area contributed by atoms with Crippen LogP contribution in [0.4, 0.5) is 0 Å². The number of aromatic carboxylic acids is 1. The Morgan fingerprint density at radius 1 is 1.62 bits per heavy atom. The van der Waals surface area contributed by atoms with E-state index in [1.54, 1.807) is 0 Å². The van der Waals surface area contributed by atoms with E-state index in [-0.39, 0.29) is 9.09 Å². The van der Waals surface area contributed by atoms with Crippen LogP contribution in [0.15, 0.2) is 10.3 Å². The highest BCUT2D eigenvalue weighted by Gasteiger charge is 2.19. The monoisotopic (exact) mass is 240 g/mol. The van der Waals surface area contributed by atoms with Crippen molar-refractivity contribution in [2.24, 2.45) is 0 Å². The molecule has 1 N–H and O–H groups in total. The average molecular weight is 241 g/mol. The first-order valence-electron chi connectivity index (χ1n) is 3.11. The number of aryl methyl sites for hydroxylation is 1. The molecule has 0 unspecified atom stereocenters. The highest BCUT2D eigenvalue weighted by atomic mass is 35.7. The highest BCUT2D eigenvalue weighted by Crippen LogP contribution is 2.29. The van der Waals surface area contributed by atoms with Crippen molar-refractivity contribution >= 4 is 37.0 Å². The third-order valence-electron chi connectivity index (χ3n) is 1.30. The molecule has 0 amide bonds. The standard InChI is InChI=1S/C6H5ClO4S2/c1-3-2-4(5(8)9)12-6(3)13(7,10)11/h2H,1H3,(H,8,9). The van der Waals surface area contributed by atoms with Crippen LogP contribution in [-0.4, -0.2) is 19.5 Å². The maximum atomic E-state index is 10.9. The summed E-state index contributed by atoms with van der Waals surface area (Å²) in [6, 6.07) is 1.28. The molecular weight excluding hydrogens is 236 g/mol. The Labute approximate surface area is 83.2 Å². The molecule has 7 heteroatoms. The maximum absolute atomic E-state index is 10.9. The van der Waals surface area contributed by atoms with Gasteiger partial charge in [-0.2, -0.15) is 0 Å². The largest absolute Gasteiger partial charge is 0.477 e. The van der Waals surface area contributed by atoms with E-state index in [2.05, 4.69) is 0 Å². The summed E-state index contributed by atoms with van der Waals surface area (Å²) >= 11 is 0.655. The number of thiophene rings is 1. The van der Waals surface area contributed by atoms with Gasteiger partial charge >= 0.3 is 5.97 Å². The van der Waals surface area contributed by atoms with Crippen molar-refractivity contribution in [1.82, 2.24) is 0 Å². The number of carbonyl (C=O) groups is 1. The molecule has 0 aliphatic rings. The fourth-order valence-electron chi connectivity index (χ4n) is 0.813. The van der Waals surface area contributed by atoms with Gasteiger partial charge in [-0.15, -0.1) is 11.3 Å². The second-order valence-electron chi connectivity index (χ2n) is 2.32. The topological polar surface area (TPSA) is 71.4 Å². The van der Waals surface area contributed by atoms with Crippen LogP contribution < -0.4 is 0 Å². The van der Waals surface area contributed by atoms with Crippen molar-refractivity contribution in [1.29, 1.82) is 0 Å². The van der Waals surface area contributed by atoms with E-state index in [4.69, 9.17) is 15.8 Å². The molecule has 13 heavy (non-hydrogen) atoms. The van der Waals surface area contributed by atoms with E-state index >= 15 is 0 Å². The molecule has 1 aromatic heterocycles. The van der Waals surface area contributed by atoms with Crippen LogP contribution in [0.5, 0.6) is 0 Å². The van der Waals surface area contributed by atoms with E-state index in [9.17, 15) is 13.2 Å². The van der Waals surface area contributed by atoms with Crippen LogP contribution in [0.2, 0.25) is 0 Å². The van der Waals surface area contributed by atoms with Gasteiger partial charge in [0.2, 0.25) is 0 Å². The molecule has 0 fully saturated rings. The molecule has 0 aliphatic heterocycles. The molecular formula is C6H5ClO4S2. The lowest BCUT2D eigenvalue weighted by Crippen LogP contribution is -1.90. The normalized spacial score (nSPS) is 11.5. The second-order valence-corrected chi connectivity index (χ2v) is 6.14. The quantitative estimate of drug-likeness (QED) is 0.799. The Hall–Kier alpha value is -0.590. The van der Waals surface area contributed by atoms with Gasteiger partial charge in [-0.05, 0) is 18.6 Å². The summed E-state index contributed by atoms with van der Waals surface area (Å²) in [5.74, 6) is -1.15. The maximum Gasteiger partial charge on any atom is 0.345 e. The van der Waals surface area contributed by atoms with E-state index in [0.29, 0.717) is 16.9 Å². The molecule has 0 aromatic carbocycles. The molecule has 1 heterocycles. The molecule has 0 bridgehead atoms. The van der Waals surface area contributed by atoms with E-state index in [1.165, 1.54) is 13.0 Å². The minimum absolute atomic E-state index is 0.0308. The Morgan fingerprint density at radius 2 is 2.15 bits per heavy atom. The zero-order valence-electron chi connectivity index (χ0n) is 6.44. The van der Waals surface area contributed by atoms with Crippen LogP contribution in [0.25, 0.3) is 0 Å². The number of hydrogen-bond donors (Lipinski definition) is 1. The lowest BCUT2D eigenvalue weighted by atomic mass is 10.3. The fourth-order valence-corrected chi connectivity index (χ4v) is 3.32. The van der Waals surface area contributed by atoms with Crippen LogP contribution in [0, 0.1) is 6.92 Å². The molecule has 1 rings (SSSR count). The minimum atomic E-state index is -3.82. The van der Waals surface area contributed by atoms with Gasteiger partial charge in [-0.25, -0.2) is 13.2 Å². The molecule has 0 aliphatic carbocycles. The minimum Gasteiger partial charge on any atom is -0.477 e. The van der Waals surface area contributed by atoms with Gasteiger partial charge in [0.05, 0.1) is 0 Å². The summed E-state index contributed by atoms with van der Waals surface area (Å²) in [5, 5.41) is 8.56. The first-order valence-corrected chi connectivity index (χ1v) is 6.23. The molecule has 0 radical (unpaired) electrons. The van der Waals surface area contributed by atoms with Crippen molar-refractivity contribution in [3.63, 3.8) is 0 Å². The Bertz CT molecular complexity index is 445. The first kappa shape index (κ1) is 10.5. The fraction of sp³-hybridized carbons (Fsp3) is 0.167. The van der Waals surface area contributed by atoms with E-state index in [0.717, 1.165) is 0 Å². The number of carboxylic acid groups (broad SMARTS) is 1. The second kappa shape index (κ2) is 3.28. The third kappa shape index (κ3) is 2.20. The lowest BCUT2D eigenvalue weighted by molar-refractivity contribution is 0.0702. The summed E-state index contributed by atoms with van der Waals surface area (Å²) in [7, 11) is 1.25. The van der Waals surface area contributed by atoms with Crippen molar-refractivity contribution in [2.75, 3.05) is 0 Å². The number of rotatable bonds is 2. The summed E-state index contributed by atoms with van der Waals surface area (Å²) in [6.45, 7) is 1.50. The van der Waals surface area contributed by atoms with Crippen molar-refractivity contribution < 1.29 is 18.3 Å². The van der Waals surface area contributed by atoms with Gasteiger partial charge in [0.25, 0.3) is 9.05 Å². The van der Waals surface area contributed by atoms with Gasteiger partial charge in [-0.1, -0.05) is 0 Å². The predicted octanol–water partition coefficient (Wildman–Crippen LogP) is 1.68. The van der Waals surface area contributed by atoms with Gasteiger partial charge in [0, 0.05) is 10.7 Å². The lowest BCUT2D eigenvalue weighted by Gasteiger charge is -1.89. The van der Waals surface area contributed by atoms with E-state index < -0.39 is 15.0 Å². The van der Waals surface area contributed by atoms with Gasteiger partial charge in [0.1, 0.15) is 9.09 Å². The summed E-state index contributed by atoms with van der Waals surface area (Å²) < 4.78 is 21.6. The molecule has 0 saturated carbocycles. The Kier molecular flexibility index (Phi) is 2.65. The van der Waals surface area contributed by atoms with Gasteiger partial charge < -0.3 is 5.11 Å². The van der Waals surface area contributed by atoms with Crippen LogP contribution >= 0.6 is 22.0 Å². The summed E-state index contributed by atoms with van der Waals surface area (Å²) in [4.78, 5) is 10.4. The number of halogens is 1. The zero-order valence-corrected chi connectivity index (χ0v) is 8.83. The first-order chi connectivity index (χ1) is 5.82. The number of hydrogen-bond acceptors (Lipinski definition) is 4. The van der Waals surface area contributed by atoms with Crippen LogP contribution in [0.1, 0.15) is 15.2 Å². The van der Waals surface area contributed by atoms with Gasteiger partial charge in [-0.3, -0.25) is 0 Å². The van der Waals surface area contributed by atoms with Crippen LogP contribution in [0.3, 0.4) is 0 Å².